The Hall–Kier alpha value is -5.17. The molecule has 0 bridgehead atoms. The van der Waals surface area contributed by atoms with Crippen LogP contribution >= 0.6 is 0 Å². The summed E-state index contributed by atoms with van der Waals surface area (Å²) in [6.07, 6.45) is 0. The Morgan fingerprint density at radius 3 is 2.27 bits per heavy atom. The summed E-state index contributed by atoms with van der Waals surface area (Å²) < 4.78 is 15.6. The molecule has 208 valence electrons. The molecule has 0 aliphatic heterocycles. The third-order valence-corrected chi connectivity index (χ3v) is 6.38. The minimum atomic E-state index is -0.724. The number of benzene rings is 1. The number of carbonyl (C=O) groups is 3. The van der Waals surface area contributed by atoms with Gasteiger partial charge in [-0.1, -0.05) is 0 Å². The van der Waals surface area contributed by atoms with Crippen LogP contribution < -0.4 is 26.3 Å². The lowest BCUT2D eigenvalue weighted by molar-refractivity contribution is 0.0902. The summed E-state index contributed by atoms with van der Waals surface area (Å²) in [7, 11) is 4.00. The lowest BCUT2D eigenvalue weighted by Gasteiger charge is -2.20. The Bertz CT molecular complexity index is 1600. The molecule has 7 N–H and O–H groups in total. The van der Waals surface area contributed by atoms with Crippen LogP contribution in [0.4, 0.5) is 5.69 Å². The van der Waals surface area contributed by atoms with Crippen LogP contribution in [-0.4, -0.2) is 72.1 Å². The standard InChI is InChI=1S/C27H27N5O8/c1-11-16(12-6-8-15(38-2)25(39-3)22(12)34)17(28)21(32-19(11)27(37)30-9-10-33)14-7-5-13-20(31-14)24(36)18(29)26(40-4)23(13)35/h5-8,33-34H,9-10,28-29H2,1-4H3,(H,30,37). The Morgan fingerprint density at radius 1 is 0.950 bits per heavy atom. The van der Waals surface area contributed by atoms with Crippen molar-refractivity contribution in [1.29, 1.82) is 0 Å². The minimum Gasteiger partial charge on any atom is -0.504 e. The summed E-state index contributed by atoms with van der Waals surface area (Å²) in [5, 5.41) is 22.8. The molecule has 0 atom stereocenters. The van der Waals surface area contributed by atoms with Gasteiger partial charge in [0.2, 0.25) is 17.3 Å². The summed E-state index contributed by atoms with van der Waals surface area (Å²) in [5.41, 5.74) is 12.5. The normalized spacial score (nSPS) is 12.7. The van der Waals surface area contributed by atoms with Gasteiger partial charge < -0.3 is 41.2 Å². The first-order valence-electron chi connectivity index (χ1n) is 11.9. The van der Waals surface area contributed by atoms with Gasteiger partial charge in [-0.25, -0.2) is 9.97 Å². The van der Waals surface area contributed by atoms with Gasteiger partial charge in [-0.15, -0.1) is 0 Å². The molecule has 13 heteroatoms. The van der Waals surface area contributed by atoms with Crippen molar-refractivity contribution in [2.75, 3.05) is 40.2 Å². The SMILES string of the molecule is COC1=C(N)C(=O)c2nc(-c3nc(C(=O)NCCO)c(C)c(-c4ccc(OC)c(OC)c4O)c3N)ccc2C1=O. The number of hydrogen-bond acceptors (Lipinski definition) is 12. The smallest absolute Gasteiger partial charge is 0.270 e. The Kier molecular flexibility index (Phi) is 7.59. The number of rotatable bonds is 8. The number of allylic oxidation sites excluding steroid dienone is 2. The summed E-state index contributed by atoms with van der Waals surface area (Å²) >= 11 is 0. The fourth-order valence-electron chi connectivity index (χ4n) is 4.45. The monoisotopic (exact) mass is 549 g/mol. The van der Waals surface area contributed by atoms with Gasteiger partial charge in [-0.3, -0.25) is 14.4 Å². The van der Waals surface area contributed by atoms with Crippen LogP contribution in [-0.2, 0) is 4.74 Å². The van der Waals surface area contributed by atoms with E-state index in [0.717, 1.165) is 0 Å². The first-order valence-corrected chi connectivity index (χ1v) is 11.9. The number of aromatic nitrogens is 2. The van der Waals surface area contributed by atoms with Crippen molar-refractivity contribution in [1.82, 2.24) is 15.3 Å². The molecule has 0 unspecified atom stereocenters. The molecule has 1 amide bonds. The van der Waals surface area contributed by atoms with Crippen molar-refractivity contribution in [2.45, 2.75) is 6.92 Å². The summed E-state index contributed by atoms with van der Waals surface area (Å²) in [6.45, 7) is 1.24. The van der Waals surface area contributed by atoms with Gasteiger partial charge in [0.15, 0.2) is 17.3 Å². The van der Waals surface area contributed by atoms with Gasteiger partial charge in [-0.2, -0.15) is 0 Å². The zero-order valence-corrected chi connectivity index (χ0v) is 22.1. The highest BCUT2D eigenvalue weighted by molar-refractivity contribution is 6.25. The zero-order valence-electron chi connectivity index (χ0n) is 22.1. The van der Waals surface area contributed by atoms with Crippen molar-refractivity contribution in [3.63, 3.8) is 0 Å². The number of fused-ring (bicyclic) bond motifs is 1. The molecule has 3 aromatic rings. The molecule has 1 aromatic carbocycles. The number of ketones is 2. The fraction of sp³-hybridized carbons (Fsp3) is 0.222. The van der Waals surface area contributed by atoms with Crippen LogP contribution in [0.25, 0.3) is 22.5 Å². The predicted molar refractivity (Wildman–Crippen MR) is 143 cm³/mol. The van der Waals surface area contributed by atoms with Crippen molar-refractivity contribution >= 4 is 23.2 Å². The number of hydrogen-bond donors (Lipinski definition) is 5. The summed E-state index contributed by atoms with van der Waals surface area (Å²) in [6, 6.07) is 5.88. The number of ether oxygens (including phenoxy) is 3. The molecule has 1 aliphatic rings. The second-order valence-corrected chi connectivity index (χ2v) is 8.60. The topological polar surface area (TPSA) is 209 Å². The number of nitrogens with one attached hydrogen (secondary N) is 1. The van der Waals surface area contributed by atoms with E-state index in [1.165, 1.54) is 39.5 Å². The summed E-state index contributed by atoms with van der Waals surface area (Å²) in [4.78, 5) is 47.6. The molecule has 2 aromatic heterocycles. The average molecular weight is 550 g/mol. The van der Waals surface area contributed by atoms with E-state index in [4.69, 9.17) is 25.7 Å². The molecule has 0 spiro atoms. The number of nitrogen functional groups attached to an aromatic ring is 1. The fourth-order valence-corrected chi connectivity index (χ4v) is 4.45. The van der Waals surface area contributed by atoms with E-state index in [9.17, 15) is 24.6 Å². The van der Waals surface area contributed by atoms with Crippen LogP contribution in [0.5, 0.6) is 17.2 Å². The Balaban J connectivity index is 2.01. The number of aliphatic hydroxyl groups is 1. The molecule has 13 nitrogen and oxygen atoms in total. The number of phenolic OH excluding ortho intramolecular Hbond substituents is 1. The number of carbonyl (C=O) groups excluding carboxylic acids is 3. The number of amides is 1. The van der Waals surface area contributed by atoms with Gasteiger partial charge in [0.05, 0.1) is 44.9 Å². The van der Waals surface area contributed by atoms with Crippen LogP contribution in [0.15, 0.2) is 35.7 Å². The Morgan fingerprint density at radius 2 is 1.65 bits per heavy atom. The van der Waals surface area contributed by atoms with E-state index in [2.05, 4.69) is 15.3 Å². The highest BCUT2D eigenvalue weighted by Gasteiger charge is 2.34. The maximum absolute atomic E-state index is 13.1. The molecule has 0 radical (unpaired) electrons. The number of methoxy groups -OCH3 is 3. The van der Waals surface area contributed by atoms with E-state index in [1.54, 1.807) is 13.0 Å². The number of nitrogens with two attached hydrogens (primary N) is 2. The first-order chi connectivity index (χ1) is 19.1. The van der Waals surface area contributed by atoms with Crippen molar-refractivity contribution < 1.29 is 38.8 Å². The number of aromatic hydroxyl groups is 1. The third-order valence-electron chi connectivity index (χ3n) is 6.38. The molecule has 0 fully saturated rings. The van der Waals surface area contributed by atoms with E-state index in [-0.39, 0.29) is 81.3 Å². The van der Waals surface area contributed by atoms with E-state index >= 15 is 0 Å². The van der Waals surface area contributed by atoms with Crippen LogP contribution in [0, 0.1) is 6.92 Å². The number of pyridine rings is 2. The minimum absolute atomic E-state index is 0.00734. The molecule has 1 aliphatic carbocycles. The number of aliphatic hydroxyl groups excluding tert-OH is 1. The lowest BCUT2D eigenvalue weighted by Crippen LogP contribution is -2.29. The lowest BCUT2D eigenvalue weighted by atomic mass is 9.93. The molecule has 4 rings (SSSR count). The van der Waals surface area contributed by atoms with Crippen molar-refractivity contribution in [3.05, 3.63) is 58.2 Å². The number of anilines is 1. The van der Waals surface area contributed by atoms with Crippen molar-refractivity contribution in [2.24, 2.45) is 5.73 Å². The number of phenols is 1. The van der Waals surface area contributed by atoms with Crippen LogP contribution in [0.1, 0.15) is 36.9 Å². The molecule has 0 saturated carbocycles. The van der Waals surface area contributed by atoms with E-state index in [0.29, 0.717) is 5.56 Å². The molecule has 40 heavy (non-hydrogen) atoms. The maximum Gasteiger partial charge on any atom is 0.270 e. The molecular formula is C27H27N5O8. The van der Waals surface area contributed by atoms with E-state index < -0.39 is 23.2 Å². The average Bonchev–Trinajstić information content (AvgIpc) is 2.95. The second-order valence-electron chi connectivity index (χ2n) is 8.60. The first kappa shape index (κ1) is 27.9. The van der Waals surface area contributed by atoms with Gasteiger partial charge in [0.1, 0.15) is 22.8 Å². The number of nitrogens with zero attached hydrogens (tertiary/aromatic N) is 2. The highest BCUT2D eigenvalue weighted by atomic mass is 16.5. The van der Waals surface area contributed by atoms with Gasteiger partial charge in [-0.05, 0) is 36.8 Å². The van der Waals surface area contributed by atoms with Crippen LogP contribution in [0.2, 0.25) is 0 Å². The summed E-state index contributed by atoms with van der Waals surface area (Å²) in [5.74, 6) is -2.26. The Labute approximate surface area is 228 Å². The second kappa shape index (κ2) is 10.9. The predicted octanol–water partition coefficient (Wildman–Crippen LogP) is 1.34. The van der Waals surface area contributed by atoms with Crippen LogP contribution in [0.3, 0.4) is 0 Å². The third kappa shape index (κ3) is 4.41. The molecular weight excluding hydrogens is 522 g/mol. The largest absolute Gasteiger partial charge is 0.504 e. The zero-order chi connectivity index (χ0) is 29.3. The molecule has 0 saturated heterocycles. The maximum atomic E-state index is 13.1. The quantitative estimate of drug-likeness (QED) is 0.270. The highest BCUT2D eigenvalue weighted by Crippen LogP contribution is 2.47. The van der Waals surface area contributed by atoms with E-state index in [1.807, 2.05) is 0 Å². The number of Topliss-reactive ketones (excluding diaryl/α,β-unsaturated/α-hetero) is 2. The van der Waals surface area contributed by atoms with Gasteiger partial charge in [0, 0.05) is 17.7 Å². The van der Waals surface area contributed by atoms with Crippen molar-refractivity contribution in [3.8, 4) is 39.8 Å². The van der Waals surface area contributed by atoms with Gasteiger partial charge >= 0.3 is 0 Å². The van der Waals surface area contributed by atoms with Gasteiger partial charge in [0.25, 0.3) is 5.91 Å². The molecule has 2 heterocycles.